The predicted octanol–water partition coefficient (Wildman–Crippen LogP) is 0.531. The van der Waals surface area contributed by atoms with Gasteiger partial charge >= 0.3 is 0 Å². The quantitative estimate of drug-likeness (QED) is 0.573. The molecule has 0 amide bonds. The summed E-state index contributed by atoms with van der Waals surface area (Å²) in [4.78, 5) is 2.12. The third-order valence-electron chi connectivity index (χ3n) is 4.35. The molecule has 2 N–H and O–H groups in total. The standard InChI is InChI=1S/C15H23N3O6S3.ClH/c1-23-6-2-3-18-13(11-17-4-7-24-8-5-17)9-12-10-14(26(16,19)20)25-15(12)27(18,21)22;/h9-10H,2-8,11H2,1H3,(H2,16,19,20);1H. The molecule has 1 fully saturated rings. The van der Waals surface area contributed by atoms with Crippen LogP contribution in [0.25, 0.3) is 6.08 Å². The van der Waals surface area contributed by atoms with E-state index in [0.717, 1.165) is 0 Å². The fourth-order valence-corrected chi connectivity index (χ4v) is 7.18. The van der Waals surface area contributed by atoms with Gasteiger partial charge in [-0.25, -0.2) is 22.0 Å². The van der Waals surface area contributed by atoms with Crippen molar-refractivity contribution in [3.05, 3.63) is 17.3 Å². The Morgan fingerprint density at radius 1 is 1.32 bits per heavy atom. The molecule has 0 radical (unpaired) electrons. The number of primary sulfonamides is 1. The number of rotatable bonds is 7. The van der Waals surface area contributed by atoms with Gasteiger partial charge in [-0.05, 0) is 18.6 Å². The lowest BCUT2D eigenvalue weighted by Gasteiger charge is -2.34. The van der Waals surface area contributed by atoms with Crippen LogP contribution in [0.3, 0.4) is 0 Å². The summed E-state index contributed by atoms with van der Waals surface area (Å²) < 4.78 is 61.3. The number of morpholine rings is 1. The fourth-order valence-electron chi connectivity index (χ4n) is 3.04. The van der Waals surface area contributed by atoms with Gasteiger partial charge in [0.15, 0.2) is 0 Å². The van der Waals surface area contributed by atoms with E-state index in [-0.39, 0.29) is 27.4 Å². The zero-order valence-electron chi connectivity index (χ0n) is 15.4. The Hall–Kier alpha value is -0.730. The number of fused-ring (bicyclic) bond motifs is 1. The van der Waals surface area contributed by atoms with E-state index < -0.39 is 20.0 Å². The van der Waals surface area contributed by atoms with Crippen LogP contribution in [0.1, 0.15) is 12.0 Å². The molecular formula is C15H24ClN3O6S3. The molecule has 2 aliphatic heterocycles. The fraction of sp³-hybridized carbons (Fsp3) is 0.600. The second-order valence-corrected chi connectivity index (χ2v) is 11.2. The largest absolute Gasteiger partial charge is 0.385 e. The van der Waals surface area contributed by atoms with Gasteiger partial charge in [0, 0.05) is 51.2 Å². The number of thiophene rings is 1. The molecule has 0 unspecified atom stereocenters. The van der Waals surface area contributed by atoms with Crippen molar-refractivity contribution in [2.75, 3.05) is 53.1 Å². The van der Waals surface area contributed by atoms with Crippen LogP contribution in [0.15, 0.2) is 20.2 Å². The zero-order chi connectivity index (χ0) is 19.7. The number of methoxy groups -OCH3 is 1. The van der Waals surface area contributed by atoms with Gasteiger partial charge < -0.3 is 9.47 Å². The molecule has 3 heterocycles. The van der Waals surface area contributed by atoms with Crippen LogP contribution < -0.4 is 5.14 Å². The van der Waals surface area contributed by atoms with Gasteiger partial charge in [0.05, 0.1) is 13.2 Å². The summed E-state index contributed by atoms with van der Waals surface area (Å²) in [6.07, 6.45) is 2.27. The summed E-state index contributed by atoms with van der Waals surface area (Å²) in [6, 6.07) is 1.33. The third-order valence-corrected chi connectivity index (χ3v) is 9.30. The number of hydrogen-bond acceptors (Lipinski definition) is 8. The normalized spacial score (nSPS) is 19.6. The number of nitrogens with zero attached hydrogens (tertiary/aromatic N) is 2. The number of ether oxygens (including phenoxy) is 2. The molecule has 28 heavy (non-hydrogen) atoms. The van der Waals surface area contributed by atoms with Crippen LogP contribution in [0, 0.1) is 0 Å². The number of hydrogen-bond donors (Lipinski definition) is 1. The minimum absolute atomic E-state index is 0. The van der Waals surface area contributed by atoms with Crippen LogP contribution >= 0.6 is 23.7 Å². The Bertz CT molecular complexity index is 923. The summed E-state index contributed by atoms with van der Waals surface area (Å²) >= 11 is 0.688. The predicted molar refractivity (Wildman–Crippen MR) is 109 cm³/mol. The molecule has 0 spiro atoms. The van der Waals surface area contributed by atoms with Crippen LogP contribution in [-0.4, -0.2) is 79.2 Å². The maximum atomic E-state index is 13.2. The number of sulfonamides is 2. The van der Waals surface area contributed by atoms with E-state index in [9.17, 15) is 16.8 Å². The highest BCUT2D eigenvalue weighted by atomic mass is 35.5. The minimum Gasteiger partial charge on any atom is -0.385 e. The van der Waals surface area contributed by atoms with E-state index in [0.29, 0.717) is 68.5 Å². The number of nitrogens with two attached hydrogens (primary N) is 1. The van der Waals surface area contributed by atoms with Crippen molar-refractivity contribution in [1.82, 2.24) is 9.21 Å². The second kappa shape index (κ2) is 9.39. The van der Waals surface area contributed by atoms with Gasteiger partial charge in [0.1, 0.15) is 8.42 Å². The molecule has 13 heteroatoms. The highest BCUT2D eigenvalue weighted by Gasteiger charge is 2.36. The monoisotopic (exact) mass is 473 g/mol. The molecule has 0 bridgehead atoms. The highest BCUT2D eigenvalue weighted by molar-refractivity contribution is 7.94. The Morgan fingerprint density at radius 2 is 2.00 bits per heavy atom. The van der Waals surface area contributed by atoms with E-state index in [1.165, 1.54) is 10.4 Å². The van der Waals surface area contributed by atoms with Gasteiger partial charge in [-0.15, -0.1) is 23.7 Å². The van der Waals surface area contributed by atoms with Crippen molar-refractivity contribution < 1.29 is 26.3 Å². The van der Waals surface area contributed by atoms with Crippen molar-refractivity contribution in [2.24, 2.45) is 5.14 Å². The molecule has 160 valence electrons. The van der Waals surface area contributed by atoms with E-state index in [4.69, 9.17) is 14.6 Å². The van der Waals surface area contributed by atoms with Gasteiger partial charge in [-0.2, -0.15) is 0 Å². The van der Waals surface area contributed by atoms with E-state index in [2.05, 4.69) is 4.90 Å². The minimum atomic E-state index is -3.97. The smallest absolute Gasteiger partial charge is 0.274 e. The summed E-state index contributed by atoms with van der Waals surface area (Å²) in [7, 11) is -6.26. The van der Waals surface area contributed by atoms with Crippen molar-refractivity contribution in [2.45, 2.75) is 14.8 Å². The number of halogens is 1. The van der Waals surface area contributed by atoms with Crippen LogP contribution in [-0.2, 0) is 29.5 Å². The van der Waals surface area contributed by atoms with Crippen LogP contribution in [0.4, 0.5) is 0 Å². The van der Waals surface area contributed by atoms with Crippen LogP contribution in [0.2, 0.25) is 0 Å². The maximum absolute atomic E-state index is 13.2. The lowest BCUT2D eigenvalue weighted by atomic mass is 10.2. The summed E-state index contributed by atoms with van der Waals surface area (Å²) in [6.45, 7) is 3.75. The second-order valence-electron chi connectivity index (χ2n) is 6.30. The SMILES string of the molecule is COCCCN1C(CN2CCOCC2)=Cc2cc(S(N)(=O)=O)sc2S1(=O)=O.Cl. The lowest BCUT2D eigenvalue weighted by Crippen LogP contribution is -2.43. The molecule has 9 nitrogen and oxygen atoms in total. The lowest BCUT2D eigenvalue weighted by molar-refractivity contribution is 0.0405. The van der Waals surface area contributed by atoms with Gasteiger partial charge in [0.25, 0.3) is 10.0 Å². The first-order valence-corrected chi connectivity index (χ1v) is 12.2. The van der Waals surface area contributed by atoms with Gasteiger partial charge in [-0.1, -0.05) is 0 Å². The molecule has 3 rings (SSSR count). The summed E-state index contributed by atoms with van der Waals surface area (Å²) in [5, 5.41) is 5.19. The van der Waals surface area contributed by atoms with Crippen molar-refractivity contribution >= 4 is 49.9 Å². The first-order valence-electron chi connectivity index (χ1n) is 8.42. The summed E-state index contributed by atoms with van der Waals surface area (Å²) in [5.41, 5.74) is 0.981. The third kappa shape index (κ3) is 5.05. The molecular weight excluding hydrogens is 450 g/mol. The van der Waals surface area contributed by atoms with Crippen molar-refractivity contribution in [3.63, 3.8) is 0 Å². The molecule has 0 atom stereocenters. The van der Waals surface area contributed by atoms with Gasteiger partial charge in [-0.3, -0.25) is 9.21 Å². The molecule has 1 aromatic heterocycles. The van der Waals surface area contributed by atoms with E-state index >= 15 is 0 Å². The zero-order valence-corrected chi connectivity index (χ0v) is 18.6. The first kappa shape index (κ1) is 23.5. The first-order chi connectivity index (χ1) is 12.7. The van der Waals surface area contributed by atoms with E-state index in [1.54, 1.807) is 13.2 Å². The highest BCUT2D eigenvalue weighted by Crippen LogP contribution is 2.38. The Morgan fingerprint density at radius 3 is 2.61 bits per heavy atom. The Labute approximate surface area is 175 Å². The molecule has 1 aromatic rings. The average Bonchev–Trinajstić information content (AvgIpc) is 3.04. The molecule has 0 saturated carbocycles. The van der Waals surface area contributed by atoms with E-state index in [1.807, 2.05) is 0 Å². The topological polar surface area (TPSA) is 119 Å². The Balaban J connectivity index is 0.00000280. The van der Waals surface area contributed by atoms with Crippen molar-refractivity contribution in [1.29, 1.82) is 0 Å². The van der Waals surface area contributed by atoms with Crippen LogP contribution in [0.5, 0.6) is 0 Å². The maximum Gasteiger partial charge on any atom is 0.274 e. The molecule has 0 aromatic carbocycles. The van der Waals surface area contributed by atoms with Crippen molar-refractivity contribution in [3.8, 4) is 0 Å². The molecule has 0 aliphatic carbocycles. The summed E-state index contributed by atoms with van der Waals surface area (Å²) in [5.74, 6) is 0. The average molecular weight is 474 g/mol. The Kier molecular flexibility index (Phi) is 7.90. The molecule has 2 aliphatic rings. The molecule has 1 saturated heterocycles. The van der Waals surface area contributed by atoms with Gasteiger partial charge in [0.2, 0.25) is 10.0 Å².